The Kier molecular flexibility index (Phi) is 5.64. The van der Waals surface area contributed by atoms with Crippen LogP contribution in [-0.2, 0) is 11.3 Å². The number of amides is 2. The number of nitrogens with zero attached hydrogens (tertiary/aromatic N) is 1. The summed E-state index contributed by atoms with van der Waals surface area (Å²) in [6.45, 7) is 0.568. The number of aliphatic carboxylic acids is 1. The van der Waals surface area contributed by atoms with E-state index >= 15 is 0 Å². The lowest BCUT2D eigenvalue weighted by molar-refractivity contribution is -0.142. The Balaban J connectivity index is 1.77. The predicted molar refractivity (Wildman–Crippen MR) is 85.4 cm³/mol. The highest BCUT2D eigenvalue weighted by atomic mass is 79.9. The number of carboxylic acid groups (broad SMARTS) is 1. The molecule has 116 valence electrons. The number of hydrogen-bond donors (Lipinski definition) is 2. The summed E-state index contributed by atoms with van der Waals surface area (Å²) in [6.07, 6.45) is 2.75. The number of thiophene rings is 1. The van der Waals surface area contributed by atoms with E-state index in [0.29, 0.717) is 19.4 Å². The number of nitrogens with one attached hydrogen (secondary N) is 1. The molecule has 1 aliphatic carbocycles. The maximum atomic E-state index is 12.1. The summed E-state index contributed by atoms with van der Waals surface area (Å²) >= 11 is 5.01. The first-order valence-electron chi connectivity index (χ1n) is 6.93. The van der Waals surface area contributed by atoms with E-state index in [-0.39, 0.29) is 18.0 Å². The molecular weight excluding hydrogens is 356 g/mol. The highest BCUT2D eigenvalue weighted by Crippen LogP contribution is 2.25. The lowest BCUT2D eigenvalue weighted by Gasteiger charge is -2.28. The Bertz CT molecular complexity index is 512. The molecule has 1 saturated carbocycles. The van der Waals surface area contributed by atoms with Gasteiger partial charge in [-0.2, -0.15) is 0 Å². The van der Waals surface area contributed by atoms with Gasteiger partial charge < -0.3 is 15.3 Å². The van der Waals surface area contributed by atoms with Crippen LogP contribution in [0.2, 0.25) is 0 Å². The summed E-state index contributed by atoms with van der Waals surface area (Å²) < 4.78 is 1.05. The van der Waals surface area contributed by atoms with Crippen LogP contribution in [0.1, 0.15) is 31.2 Å². The van der Waals surface area contributed by atoms with Crippen LogP contribution in [0.15, 0.2) is 15.2 Å². The molecule has 1 aromatic rings. The smallest absolute Gasteiger partial charge is 0.317 e. The second kappa shape index (κ2) is 7.26. The van der Waals surface area contributed by atoms with Crippen molar-refractivity contribution in [2.45, 2.75) is 38.3 Å². The molecule has 21 heavy (non-hydrogen) atoms. The van der Waals surface area contributed by atoms with Gasteiger partial charge in [0, 0.05) is 19.6 Å². The molecule has 0 unspecified atom stereocenters. The van der Waals surface area contributed by atoms with Crippen molar-refractivity contribution in [1.82, 2.24) is 10.2 Å². The average Bonchev–Trinajstić information content (AvgIpc) is 2.84. The summed E-state index contributed by atoms with van der Waals surface area (Å²) in [6, 6.07) is 1.99. The van der Waals surface area contributed by atoms with E-state index in [0.717, 1.165) is 22.2 Å². The van der Waals surface area contributed by atoms with Gasteiger partial charge in [-0.1, -0.05) is 0 Å². The Hall–Kier alpha value is -1.08. The molecule has 0 aromatic carbocycles. The van der Waals surface area contributed by atoms with Crippen molar-refractivity contribution in [3.63, 3.8) is 0 Å². The quantitative estimate of drug-likeness (QED) is 0.849. The molecule has 2 N–H and O–H groups in total. The third-order valence-electron chi connectivity index (χ3n) is 3.79. The van der Waals surface area contributed by atoms with Gasteiger partial charge in [-0.25, -0.2) is 4.79 Å². The summed E-state index contributed by atoms with van der Waals surface area (Å²) in [5.74, 6) is -0.973. The van der Waals surface area contributed by atoms with Crippen LogP contribution in [0.5, 0.6) is 0 Å². The van der Waals surface area contributed by atoms with Crippen molar-refractivity contribution < 1.29 is 14.7 Å². The molecule has 0 radical (unpaired) electrons. The Labute approximate surface area is 136 Å². The predicted octanol–water partition coefficient (Wildman–Crippen LogP) is 3.30. The van der Waals surface area contributed by atoms with Crippen molar-refractivity contribution in [1.29, 1.82) is 0 Å². The van der Waals surface area contributed by atoms with E-state index < -0.39 is 5.97 Å². The molecule has 1 aromatic heterocycles. The van der Waals surface area contributed by atoms with Crippen LogP contribution in [0.25, 0.3) is 0 Å². The normalized spacial score (nSPS) is 21.8. The van der Waals surface area contributed by atoms with Crippen LogP contribution in [0.4, 0.5) is 4.79 Å². The summed E-state index contributed by atoms with van der Waals surface area (Å²) in [4.78, 5) is 24.7. The first-order valence-corrected chi connectivity index (χ1v) is 8.60. The van der Waals surface area contributed by atoms with Crippen molar-refractivity contribution in [2.24, 2.45) is 5.92 Å². The Morgan fingerprint density at radius 2 is 2.10 bits per heavy atom. The summed E-state index contributed by atoms with van der Waals surface area (Å²) in [5, 5.41) is 14.0. The van der Waals surface area contributed by atoms with Gasteiger partial charge in [0.05, 0.1) is 9.70 Å². The molecule has 5 nitrogen and oxygen atoms in total. The van der Waals surface area contributed by atoms with Crippen LogP contribution < -0.4 is 5.32 Å². The molecule has 2 amide bonds. The van der Waals surface area contributed by atoms with Gasteiger partial charge in [0.2, 0.25) is 0 Å². The van der Waals surface area contributed by atoms with E-state index in [1.807, 2.05) is 11.4 Å². The SMILES string of the molecule is CN(Cc1csc(Br)c1)C(=O)NC1CCC(C(=O)O)CC1. The van der Waals surface area contributed by atoms with E-state index in [4.69, 9.17) is 5.11 Å². The third kappa shape index (κ3) is 4.71. The van der Waals surface area contributed by atoms with E-state index in [9.17, 15) is 9.59 Å². The van der Waals surface area contributed by atoms with Crippen molar-refractivity contribution in [3.05, 3.63) is 20.8 Å². The largest absolute Gasteiger partial charge is 0.481 e. The van der Waals surface area contributed by atoms with Gasteiger partial charge in [0.1, 0.15) is 0 Å². The monoisotopic (exact) mass is 374 g/mol. The number of hydrogen-bond acceptors (Lipinski definition) is 3. The molecule has 2 rings (SSSR count). The first kappa shape index (κ1) is 16.3. The average molecular weight is 375 g/mol. The standard InChI is InChI=1S/C14H19BrN2O3S/c1-17(7-9-6-12(15)21-8-9)14(20)16-11-4-2-10(3-5-11)13(18)19/h6,8,10-11H,2-5,7H2,1H3,(H,16,20)(H,18,19). The Morgan fingerprint density at radius 1 is 1.43 bits per heavy atom. The van der Waals surface area contributed by atoms with E-state index in [2.05, 4.69) is 21.2 Å². The summed E-state index contributed by atoms with van der Waals surface area (Å²) in [5.41, 5.74) is 1.10. The fraction of sp³-hybridized carbons (Fsp3) is 0.571. The molecule has 0 aliphatic heterocycles. The Morgan fingerprint density at radius 3 is 2.62 bits per heavy atom. The maximum Gasteiger partial charge on any atom is 0.317 e. The van der Waals surface area contributed by atoms with E-state index in [1.165, 1.54) is 0 Å². The zero-order valence-corrected chi connectivity index (χ0v) is 14.2. The fourth-order valence-electron chi connectivity index (χ4n) is 2.54. The van der Waals surface area contributed by atoms with Crippen molar-refractivity contribution in [2.75, 3.05) is 7.05 Å². The lowest BCUT2D eigenvalue weighted by Crippen LogP contribution is -2.44. The number of carbonyl (C=O) groups excluding carboxylic acids is 1. The molecule has 1 aliphatic rings. The van der Waals surface area contributed by atoms with Gasteiger partial charge in [-0.05, 0) is 58.6 Å². The molecule has 1 heterocycles. The minimum atomic E-state index is -0.722. The third-order valence-corrected chi connectivity index (χ3v) is 5.35. The zero-order valence-electron chi connectivity index (χ0n) is 11.8. The highest BCUT2D eigenvalue weighted by Gasteiger charge is 2.27. The van der Waals surface area contributed by atoms with Crippen LogP contribution in [0, 0.1) is 5.92 Å². The lowest BCUT2D eigenvalue weighted by atomic mass is 9.86. The molecule has 0 bridgehead atoms. The molecule has 0 atom stereocenters. The fourth-order valence-corrected chi connectivity index (χ4v) is 3.74. The topological polar surface area (TPSA) is 69.6 Å². The van der Waals surface area contributed by atoms with Crippen molar-refractivity contribution >= 4 is 39.3 Å². The van der Waals surface area contributed by atoms with Crippen LogP contribution in [0.3, 0.4) is 0 Å². The van der Waals surface area contributed by atoms with E-state index in [1.54, 1.807) is 23.3 Å². The van der Waals surface area contributed by atoms with Gasteiger partial charge in [-0.15, -0.1) is 11.3 Å². The molecule has 1 fully saturated rings. The van der Waals surface area contributed by atoms with Crippen molar-refractivity contribution in [3.8, 4) is 0 Å². The second-order valence-corrected chi connectivity index (χ2v) is 7.74. The molecular formula is C14H19BrN2O3S. The summed E-state index contributed by atoms with van der Waals surface area (Å²) in [7, 11) is 1.77. The van der Waals surface area contributed by atoms with Crippen LogP contribution >= 0.6 is 27.3 Å². The molecule has 0 spiro atoms. The minimum Gasteiger partial charge on any atom is -0.481 e. The molecule has 7 heteroatoms. The number of halogens is 1. The van der Waals surface area contributed by atoms with Gasteiger partial charge in [0.15, 0.2) is 0 Å². The van der Waals surface area contributed by atoms with Gasteiger partial charge in [-0.3, -0.25) is 4.79 Å². The minimum absolute atomic E-state index is 0.0877. The number of urea groups is 1. The second-order valence-electron chi connectivity index (χ2n) is 5.45. The zero-order chi connectivity index (χ0) is 15.4. The highest BCUT2D eigenvalue weighted by molar-refractivity contribution is 9.11. The van der Waals surface area contributed by atoms with Gasteiger partial charge >= 0.3 is 12.0 Å². The molecule has 0 saturated heterocycles. The maximum absolute atomic E-state index is 12.1. The van der Waals surface area contributed by atoms with Gasteiger partial charge in [0.25, 0.3) is 0 Å². The number of rotatable bonds is 4. The first-order chi connectivity index (χ1) is 9.95. The van der Waals surface area contributed by atoms with Crippen LogP contribution in [-0.4, -0.2) is 35.1 Å². The number of carbonyl (C=O) groups is 2. The number of carboxylic acids is 1.